The molecule has 23 heavy (non-hydrogen) atoms. The number of ether oxygens (including phenoxy) is 3. The van der Waals surface area contributed by atoms with Crippen molar-refractivity contribution in [3.8, 4) is 11.9 Å². The fourth-order valence-electron chi connectivity index (χ4n) is 2.39. The van der Waals surface area contributed by atoms with Crippen LogP contribution in [0.25, 0.3) is 0 Å². The van der Waals surface area contributed by atoms with Crippen LogP contribution in [0, 0.1) is 6.92 Å². The van der Waals surface area contributed by atoms with E-state index in [0.717, 1.165) is 18.4 Å². The van der Waals surface area contributed by atoms with Crippen LogP contribution in [-0.2, 0) is 4.74 Å². The second kappa shape index (κ2) is 7.66. The molecule has 0 bridgehead atoms. The third kappa shape index (κ3) is 4.36. The third-order valence-electron chi connectivity index (χ3n) is 3.57. The highest BCUT2D eigenvalue weighted by Crippen LogP contribution is 2.33. The van der Waals surface area contributed by atoms with Gasteiger partial charge in [0.15, 0.2) is 0 Å². The number of aryl methyl sites for hydroxylation is 1. The lowest BCUT2D eigenvalue weighted by Crippen LogP contribution is -2.18. The topological polar surface area (TPSA) is 53.5 Å². The Kier molecular flexibility index (Phi) is 5.35. The SMILES string of the molecule is COc1nc(OC[C@@H]2CCC(Sc3ccccc3)O2)ncc1C. The first kappa shape index (κ1) is 16.1. The van der Waals surface area contributed by atoms with Crippen molar-refractivity contribution < 1.29 is 14.2 Å². The average molecular weight is 332 g/mol. The first-order chi connectivity index (χ1) is 11.2. The molecule has 122 valence electrons. The molecule has 2 heterocycles. The molecule has 1 aliphatic rings. The molecule has 0 spiro atoms. The monoisotopic (exact) mass is 332 g/mol. The number of thioether (sulfide) groups is 1. The molecule has 2 atom stereocenters. The molecule has 0 radical (unpaired) electrons. The van der Waals surface area contributed by atoms with Gasteiger partial charge in [0.05, 0.1) is 13.2 Å². The Morgan fingerprint density at radius 3 is 2.87 bits per heavy atom. The lowest BCUT2D eigenvalue weighted by molar-refractivity contribution is 0.0510. The smallest absolute Gasteiger partial charge is 0.319 e. The van der Waals surface area contributed by atoms with Gasteiger partial charge in [0, 0.05) is 16.7 Å². The van der Waals surface area contributed by atoms with E-state index in [1.807, 2.05) is 25.1 Å². The maximum absolute atomic E-state index is 6.02. The van der Waals surface area contributed by atoms with Crippen LogP contribution in [0.5, 0.6) is 11.9 Å². The number of hydrogen-bond donors (Lipinski definition) is 0. The lowest BCUT2D eigenvalue weighted by Gasteiger charge is -2.14. The Bertz CT molecular complexity index is 639. The van der Waals surface area contributed by atoms with E-state index < -0.39 is 0 Å². The van der Waals surface area contributed by atoms with Gasteiger partial charge in [-0.2, -0.15) is 4.98 Å². The zero-order valence-corrected chi connectivity index (χ0v) is 14.1. The van der Waals surface area contributed by atoms with Crippen molar-refractivity contribution in [2.75, 3.05) is 13.7 Å². The molecule has 1 unspecified atom stereocenters. The summed E-state index contributed by atoms with van der Waals surface area (Å²) in [6.07, 6.45) is 3.77. The van der Waals surface area contributed by atoms with Crippen molar-refractivity contribution in [3.63, 3.8) is 0 Å². The van der Waals surface area contributed by atoms with Crippen molar-refractivity contribution in [2.24, 2.45) is 0 Å². The molecule has 0 amide bonds. The summed E-state index contributed by atoms with van der Waals surface area (Å²) in [5.74, 6) is 0.542. The summed E-state index contributed by atoms with van der Waals surface area (Å²) in [7, 11) is 1.59. The lowest BCUT2D eigenvalue weighted by atomic mass is 10.2. The summed E-state index contributed by atoms with van der Waals surface area (Å²) in [6.45, 7) is 2.35. The number of aromatic nitrogens is 2. The van der Waals surface area contributed by atoms with Crippen molar-refractivity contribution in [3.05, 3.63) is 42.1 Å². The molecular weight excluding hydrogens is 312 g/mol. The predicted octanol–water partition coefficient (Wildman–Crippen LogP) is 3.47. The summed E-state index contributed by atoms with van der Waals surface area (Å²) < 4.78 is 16.8. The summed E-state index contributed by atoms with van der Waals surface area (Å²) >= 11 is 1.76. The molecule has 0 saturated carbocycles. The van der Waals surface area contributed by atoms with Gasteiger partial charge in [-0.1, -0.05) is 30.0 Å². The van der Waals surface area contributed by atoms with Gasteiger partial charge >= 0.3 is 6.01 Å². The number of nitrogens with zero attached hydrogens (tertiary/aromatic N) is 2. The molecule has 1 aliphatic heterocycles. The van der Waals surface area contributed by atoms with E-state index in [1.54, 1.807) is 25.1 Å². The van der Waals surface area contributed by atoms with Crippen LogP contribution in [0.3, 0.4) is 0 Å². The van der Waals surface area contributed by atoms with Crippen LogP contribution >= 0.6 is 11.8 Å². The minimum absolute atomic E-state index is 0.0760. The van der Waals surface area contributed by atoms with Gasteiger partial charge in [-0.25, -0.2) is 4.98 Å². The van der Waals surface area contributed by atoms with Crippen LogP contribution in [0.2, 0.25) is 0 Å². The van der Waals surface area contributed by atoms with E-state index in [4.69, 9.17) is 14.2 Å². The molecule has 1 aromatic heterocycles. The maximum Gasteiger partial charge on any atom is 0.319 e. The third-order valence-corrected chi connectivity index (χ3v) is 4.73. The highest BCUT2D eigenvalue weighted by Gasteiger charge is 2.26. The first-order valence-corrected chi connectivity index (χ1v) is 8.50. The number of rotatable bonds is 6. The molecule has 1 aromatic carbocycles. The highest BCUT2D eigenvalue weighted by molar-refractivity contribution is 7.99. The molecule has 0 aliphatic carbocycles. The van der Waals surface area contributed by atoms with Crippen molar-refractivity contribution in [1.82, 2.24) is 9.97 Å². The molecular formula is C17H20N2O3S. The first-order valence-electron chi connectivity index (χ1n) is 7.62. The normalized spacial score (nSPS) is 20.4. The Labute approximate surface area is 140 Å². The Balaban J connectivity index is 1.48. The summed E-state index contributed by atoms with van der Waals surface area (Å²) in [5, 5.41) is 0. The number of hydrogen-bond acceptors (Lipinski definition) is 6. The van der Waals surface area contributed by atoms with Crippen molar-refractivity contribution in [1.29, 1.82) is 0 Å². The van der Waals surface area contributed by atoms with Gasteiger partial charge in [-0.15, -0.1) is 0 Å². The van der Waals surface area contributed by atoms with E-state index in [-0.39, 0.29) is 11.5 Å². The van der Waals surface area contributed by atoms with Crippen LogP contribution in [0.15, 0.2) is 41.4 Å². The van der Waals surface area contributed by atoms with E-state index in [2.05, 4.69) is 22.1 Å². The minimum atomic E-state index is 0.0760. The second-order valence-electron chi connectivity index (χ2n) is 5.35. The van der Waals surface area contributed by atoms with E-state index >= 15 is 0 Å². The van der Waals surface area contributed by atoms with Crippen molar-refractivity contribution in [2.45, 2.75) is 36.2 Å². The second-order valence-corrected chi connectivity index (χ2v) is 6.58. The molecule has 0 N–H and O–H groups in total. The largest absolute Gasteiger partial charge is 0.481 e. The minimum Gasteiger partial charge on any atom is -0.481 e. The van der Waals surface area contributed by atoms with Gasteiger partial charge in [0.2, 0.25) is 5.88 Å². The predicted molar refractivity (Wildman–Crippen MR) is 89.0 cm³/mol. The molecule has 5 nitrogen and oxygen atoms in total. The zero-order chi connectivity index (χ0) is 16.1. The Hall–Kier alpha value is -1.79. The van der Waals surface area contributed by atoms with Gasteiger partial charge in [0.1, 0.15) is 12.0 Å². The van der Waals surface area contributed by atoms with Gasteiger partial charge < -0.3 is 14.2 Å². The summed E-state index contributed by atoms with van der Waals surface area (Å²) in [6, 6.07) is 10.6. The van der Waals surface area contributed by atoms with Crippen molar-refractivity contribution >= 4 is 11.8 Å². The van der Waals surface area contributed by atoms with Gasteiger partial charge in [-0.3, -0.25) is 0 Å². The standard InChI is InChI=1S/C17H20N2O3S/c1-12-10-18-17(19-16(12)20-2)21-11-13-8-9-15(22-13)23-14-6-4-3-5-7-14/h3-7,10,13,15H,8-9,11H2,1-2H3/t13-,15?/m0/s1. The van der Waals surface area contributed by atoms with Crippen LogP contribution in [0.4, 0.5) is 0 Å². The number of methoxy groups -OCH3 is 1. The number of benzene rings is 1. The molecule has 6 heteroatoms. The maximum atomic E-state index is 6.02. The van der Waals surface area contributed by atoms with Crippen LogP contribution < -0.4 is 9.47 Å². The summed E-state index contributed by atoms with van der Waals surface area (Å²) in [4.78, 5) is 9.61. The Morgan fingerprint density at radius 2 is 2.09 bits per heavy atom. The fraction of sp³-hybridized carbons (Fsp3) is 0.412. The van der Waals surface area contributed by atoms with E-state index in [1.165, 1.54) is 4.90 Å². The molecule has 3 rings (SSSR count). The molecule has 1 fully saturated rings. The average Bonchev–Trinajstić information content (AvgIpc) is 3.02. The fourth-order valence-corrected chi connectivity index (χ4v) is 3.47. The zero-order valence-electron chi connectivity index (χ0n) is 13.3. The quantitative estimate of drug-likeness (QED) is 0.807. The molecule has 1 saturated heterocycles. The van der Waals surface area contributed by atoms with Gasteiger partial charge in [-0.05, 0) is 31.9 Å². The van der Waals surface area contributed by atoms with Gasteiger partial charge in [0.25, 0.3) is 0 Å². The van der Waals surface area contributed by atoms with Crippen LogP contribution in [-0.4, -0.2) is 35.2 Å². The van der Waals surface area contributed by atoms with E-state index in [9.17, 15) is 0 Å². The highest BCUT2D eigenvalue weighted by atomic mass is 32.2. The summed E-state index contributed by atoms with van der Waals surface area (Å²) in [5.41, 5.74) is 1.07. The van der Waals surface area contributed by atoms with E-state index in [0.29, 0.717) is 18.5 Å². The van der Waals surface area contributed by atoms with Crippen LogP contribution in [0.1, 0.15) is 18.4 Å². The Morgan fingerprint density at radius 1 is 1.26 bits per heavy atom. The molecule has 2 aromatic rings.